The normalized spacial score (nSPS) is 13.9. The number of amides is 1. The van der Waals surface area contributed by atoms with Gasteiger partial charge < -0.3 is 10.1 Å². The molecule has 1 aromatic carbocycles. The van der Waals surface area contributed by atoms with Crippen LogP contribution in [0.5, 0.6) is 0 Å². The Kier molecular flexibility index (Phi) is 7.26. The Bertz CT molecular complexity index is 997. The summed E-state index contributed by atoms with van der Waals surface area (Å²) >= 11 is 9.06. The van der Waals surface area contributed by atoms with E-state index in [4.69, 9.17) is 16.3 Å². The molecule has 0 saturated heterocycles. The van der Waals surface area contributed by atoms with E-state index in [0.29, 0.717) is 10.8 Å². The van der Waals surface area contributed by atoms with Gasteiger partial charge in [0.15, 0.2) is 10.2 Å². The van der Waals surface area contributed by atoms with E-state index in [1.54, 1.807) is 16.3 Å². The van der Waals surface area contributed by atoms with E-state index >= 15 is 0 Å². The molecule has 0 radical (unpaired) electrons. The number of benzene rings is 1. The number of hydrogen-bond donors (Lipinski definition) is 1. The van der Waals surface area contributed by atoms with E-state index in [2.05, 4.69) is 34.5 Å². The van der Waals surface area contributed by atoms with Gasteiger partial charge in [-0.2, -0.15) is 4.52 Å². The lowest BCUT2D eigenvalue weighted by atomic mass is 9.99. The van der Waals surface area contributed by atoms with Crippen molar-refractivity contribution in [2.45, 2.75) is 62.8 Å². The number of carbonyl (C=O) groups is 1. The molecule has 30 heavy (non-hydrogen) atoms. The molecule has 10 heteroatoms. The Morgan fingerprint density at radius 1 is 1.30 bits per heavy atom. The van der Waals surface area contributed by atoms with E-state index in [1.165, 1.54) is 16.9 Å². The number of alkyl carbamates (subject to hydrolysis) is 1. The van der Waals surface area contributed by atoms with Gasteiger partial charge in [0.1, 0.15) is 5.60 Å². The van der Waals surface area contributed by atoms with Gasteiger partial charge in [0, 0.05) is 10.8 Å². The topological polar surface area (TPSA) is 81.4 Å². The molecule has 0 spiro atoms. The SMILES string of the molecule is CCC(C)C(NC(=O)OC(C)(C)C)c1nnc2sc(SCc3ccc(Cl)cc3)nn12. The Morgan fingerprint density at radius 3 is 2.63 bits per heavy atom. The van der Waals surface area contributed by atoms with E-state index < -0.39 is 11.7 Å². The van der Waals surface area contributed by atoms with Gasteiger partial charge in [-0.05, 0) is 44.4 Å². The number of rotatable bonds is 7. The van der Waals surface area contributed by atoms with Crippen molar-refractivity contribution in [3.63, 3.8) is 0 Å². The average molecular weight is 468 g/mol. The molecule has 3 rings (SSSR count). The zero-order valence-corrected chi connectivity index (χ0v) is 20.1. The number of thioether (sulfide) groups is 1. The number of fused-ring (bicyclic) bond motifs is 1. The van der Waals surface area contributed by atoms with Gasteiger partial charge in [-0.3, -0.25) is 0 Å². The van der Waals surface area contributed by atoms with Gasteiger partial charge in [0.25, 0.3) is 0 Å². The maximum absolute atomic E-state index is 12.4. The minimum atomic E-state index is -0.573. The Balaban J connectivity index is 1.78. The first-order valence-corrected chi connectivity index (χ1v) is 11.9. The highest BCUT2D eigenvalue weighted by Gasteiger charge is 2.29. The largest absolute Gasteiger partial charge is 0.444 e. The number of halogens is 1. The van der Waals surface area contributed by atoms with Gasteiger partial charge in [-0.1, -0.05) is 67.1 Å². The number of carbonyl (C=O) groups excluding carboxylic acids is 1. The molecule has 0 bridgehead atoms. The fourth-order valence-corrected chi connectivity index (χ4v) is 4.69. The highest BCUT2D eigenvalue weighted by molar-refractivity contribution is 8.00. The molecule has 3 aromatic rings. The molecule has 2 unspecified atom stereocenters. The zero-order chi connectivity index (χ0) is 21.9. The summed E-state index contributed by atoms with van der Waals surface area (Å²) in [6.07, 6.45) is 0.384. The smallest absolute Gasteiger partial charge is 0.408 e. The van der Waals surface area contributed by atoms with Crippen LogP contribution in [0.15, 0.2) is 28.6 Å². The lowest BCUT2D eigenvalue weighted by molar-refractivity contribution is 0.0482. The minimum absolute atomic E-state index is 0.136. The van der Waals surface area contributed by atoms with Crippen LogP contribution in [0.2, 0.25) is 5.02 Å². The predicted octanol–water partition coefficient (Wildman–Crippen LogP) is 5.74. The molecule has 7 nitrogen and oxygen atoms in total. The van der Waals surface area contributed by atoms with Crippen LogP contribution in [0, 0.1) is 5.92 Å². The monoisotopic (exact) mass is 467 g/mol. The van der Waals surface area contributed by atoms with Crippen molar-refractivity contribution in [2.75, 3.05) is 0 Å². The van der Waals surface area contributed by atoms with Gasteiger partial charge in [-0.25, -0.2) is 4.79 Å². The summed E-state index contributed by atoms with van der Waals surface area (Å²) in [5.74, 6) is 1.53. The predicted molar refractivity (Wildman–Crippen MR) is 121 cm³/mol. The van der Waals surface area contributed by atoms with E-state index in [-0.39, 0.29) is 12.0 Å². The molecule has 0 aliphatic carbocycles. The first-order valence-electron chi connectivity index (χ1n) is 9.75. The number of aromatic nitrogens is 4. The van der Waals surface area contributed by atoms with Crippen LogP contribution in [0.4, 0.5) is 4.79 Å². The van der Waals surface area contributed by atoms with Gasteiger partial charge in [0.2, 0.25) is 4.96 Å². The van der Waals surface area contributed by atoms with Crippen LogP contribution in [-0.4, -0.2) is 31.5 Å². The average Bonchev–Trinajstić information content (AvgIpc) is 3.24. The first-order chi connectivity index (χ1) is 14.2. The quantitative estimate of drug-likeness (QED) is 0.446. The third kappa shape index (κ3) is 5.86. The summed E-state index contributed by atoms with van der Waals surface area (Å²) in [6, 6.07) is 7.42. The molecular formula is C20H26ClN5O2S2. The molecule has 2 atom stereocenters. The van der Waals surface area contributed by atoms with Crippen LogP contribution >= 0.6 is 34.7 Å². The molecule has 2 heterocycles. The van der Waals surface area contributed by atoms with Crippen molar-refractivity contribution in [1.29, 1.82) is 0 Å². The zero-order valence-electron chi connectivity index (χ0n) is 17.7. The summed E-state index contributed by atoms with van der Waals surface area (Å²) < 4.78 is 8.05. The summed E-state index contributed by atoms with van der Waals surface area (Å²) in [7, 11) is 0. The van der Waals surface area contributed by atoms with Gasteiger partial charge in [-0.15, -0.1) is 15.3 Å². The van der Waals surface area contributed by atoms with Crippen LogP contribution in [-0.2, 0) is 10.5 Å². The Morgan fingerprint density at radius 2 is 2.00 bits per heavy atom. The van der Waals surface area contributed by atoms with Crippen molar-refractivity contribution in [3.05, 3.63) is 40.7 Å². The molecule has 1 N–H and O–H groups in total. The molecule has 0 aliphatic heterocycles. The van der Waals surface area contributed by atoms with Crippen LogP contribution < -0.4 is 5.32 Å². The second-order valence-electron chi connectivity index (χ2n) is 8.05. The van der Waals surface area contributed by atoms with Crippen molar-refractivity contribution in [1.82, 2.24) is 25.1 Å². The maximum atomic E-state index is 12.4. The highest BCUT2D eigenvalue weighted by Crippen LogP contribution is 2.30. The summed E-state index contributed by atoms with van der Waals surface area (Å²) in [4.78, 5) is 13.1. The van der Waals surface area contributed by atoms with Crippen molar-refractivity contribution >= 4 is 45.8 Å². The number of nitrogens with zero attached hydrogens (tertiary/aromatic N) is 4. The van der Waals surface area contributed by atoms with Crippen molar-refractivity contribution in [3.8, 4) is 0 Å². The standard InChI is InChI=1S/C20H26ClN5O2S2/c1-6-12(2)15(22-18(27)28-20(3,4)5)16-23-24-17-26(16)25-19(30-17)29-11-13-7-9-14(21)10-8-13/h7-10,12,15H,6,11H2,1-5H3,(H,22,27). The maximum Gasteiger partial charge on any atom is 0.408 e. The van der Waals surface area contributed by atoms with E-state index in [1.807, 2.05) is 45.0 Å². The number of ether oxygens (including phenoxy) is 1. The van der Waals surface area contributed by atoms with Crippen molar-refractivity contribution < 1.29 is 9.53 Å². The molecule has 1 amide bonds. The summed E-state index contributed by atoms with van der Waals surface area (Å²) in [5.41, 5.74) is 0.593. The third-order valence-electron chi connectivity index (χ3n) is 4.44. The lowest BCUT2D eigenvalue weighted by Gasteiger charge is -2.25. The summed E-state index contributed by atoms with van der Waals surface area (Å²) in [5, 5.41) is 16.9. The second kappa shape index (κ2) is 9.53. The van der Waals surface area contributed by atoms with Crippen LogP contribution in [0.1, 0.15) is 58.5 Å². The molecule has 0 aliphatic rings. The highest BCUT2D eigenvalue weighted by atomic mass is 35.5. The number of hydrogen-bond acceptors (Lipinski definition) is 7. The molecular weight excluding hydrogens is 442 g/mol. The fraction of sp³-hybridized carbons (Fsp3) is 0.500. The molecule has 2 aromatic heterocycles. The Labute approximate surface area is 189 Å². The van der Waals surface area contributed by atoms with Crippen LogP contribution in [0.25, 0.3) is 4.96 Å². The fourth-order valence-electron chi connectivity index (χ4n) is 2.72. The van der Waals surface area contributed by atoms with E-state index in [0.717, 1.165) is 21.5 Å². The summed E-state index contributed by atoms with van der Waals surface area (Å²) in [6.45, 7) is 9.65. The molecule has 0 fully saturated rings. The Hall–Kier alpha value is -1.84. The second-order valence-corrected chi connectivity index (χ2v) is 10.7. The first kappa shape index (κ1) is 22.8. The van der Waals surface area contributed by atoms with Crippen molar-refractivity contribution in [2.24, 2.45) is 5.92 Å². The lowest BCUT2D eigenvalue weighted by Crippen LogP contribution is -2.38. The van der Waals surface area contributed by atoms with E-state index in [9.17, 15) is 4.79 Å². The number of nitrogens with one attached hydrogen (secondary N) is 1. The third-order valence-corrected chi connectivity index (χ3v) is 6.79. The van der Waals surface area contributed by atoms with Gasteiger partial charge in [0.05, 0.1) is 6.04 Å². The van der Waals surface area contributed by atoms with Gasteiger partial charge >= 0.3 is 6.09 Å². The minimum Gasteiger partial charge on any atom is -0.444 e. The molecule has 162 valence electrons. The van der Waals surface area contributed by atoms with Crippen LogP contribution in [0.3, 0.4) is 0 Å². The molecule has 0 saturated carbocycles.